The van der Waals surface area contributed by atoms with E-state index >= 15 is 0 Å². The highest BCUT2D eigenvalue weighted by Crippen LogP contribution is 2.35. The summed E-state index contributed by atoms with van der Waals surface area (Å²) < 4.78 is 28.0. The molecule has 3 aromatic heterocycles. The van der Waals surface area contributed by atoms with Crippen LogP contribution in [0.1, 0.15) is 0 Å². The molecule has 0 aliphatic heterocycles. The first-order chi connectivity index (χ1) is 11.4. The maximum atomic E-state index is 11.4. The Bertz CT molecular complexity index is 1180. The second-order valence-electron chi connectivity index (χ2n) is 5.39. The molecule has 0 atom stereocenters. The Morgan fingerprint density at radius 2 is 2.04 bits per heavy atom. The molecule has 9 heteroatoms. The highest BCUT2D eigenvalue weighted by molar-refractivity contribution is 7.92. The van der Waals surface area contributed by atoms with Crippen LogP contribution in [-0.4, -0.2) is 29.3 Å². The van der Waals surface area contributed by atoms with Crippen molar-refractivity contribution in [2.24, 2.45) is 0 Å². The number of nitrogens with zero attached hydrogens (tertiary/aromatic N) is 3. The lowest BCUT2D eigenvalue weighted by atomic mass is 10.2. The van der Waals surface area contributed by atoms with Crippen LogP contribution in [0.4, 0.5) is 11.6 Å². The van der Waals surface area contributed by atoms with E-state index in [1.54, 1.807) is 21.9 Å². The first-order valence-corrected chi connectivity index (χ1v) is 9.73. The summed E-state index contributed by atoms with van der Waals surface area (Å²) >= 11 is 1.59. The first kappa shape index (κ1) is 14.9. The van der Waals surface area contributed by atoms with Gasteiger partial charge in [-0.2, -0.15) is 4.98 Å². The summed E-state index contributed by atoms with van der Waals surface area (Å²) in [6.45, 7) is 0. The Labute approximate surface area is 141 Å². The molecule has 7 nitrogen and oxygen atoms in total. The molecule has 3 N–H and O–H groups in total. The highest BCUT2D eigenvalue weighted by atomic mass is 32.2. The average Bonchev–Trinajstić information content (AvgIpc) is 3.06. The van der Waals surface area contributed by atoms with E-state index < -0.39 is 10.0 Å². The van der Waals surface area contributed by atoms with E-state index in [-0.39, 0.29) is 5.95 Å². The summed E-state index contributed by atoms with van der Waals surface area (Å²) in [4.78, 5) is 5.16. The highest BCUT2D eigenvalue weighted by Gasteiger charge is 2.11. The van der Waals surface area contributed by atoms with Crippen LogP contribution in [0, 0.1) is 0 Å². The van der Waals surface area contributed by atoms with E-state index in [1.807, 2.05) is 36.4 Å². The molecule has 0 unspecified atom stereocenters. The number of anilines is 2. The van der Waals surface area contributed by atoms with Crippen LogP contribution in [0.25, 0.3) is 26.3 Å². The van der Waals surface area contributed by atoms with Crippen molar-refractivity contribution in [2.75, 3.05) is 16.7 Å². The fourth-order valence-corrected chi connectivity index (χ4v) is 4.16. The lowest BCUT2D eigenvalue weighted by molar-refractivity contribution is 0.607. The molecule has 3 heterocycles. The molecule has 0 fully saturated rings. The predicted octanol–water partition coefficient (Wildman–Crippen LogP) is 2.56. The zero-order chi connectivity index (χ0) is 16.9. The van der Waals surface area contributed by atoms with Crippen LogP contribution in [0.15, 0.2) is 42.5 Å². The molecular weight excluding hydrogens is 346 g/mol. The number of hydrogen-bond acceptors (Lipinski definition) is 6. The number of sulfonamides is 1. The Hall–Kier alpha value is -2.65. The van der Waals surface area contributed by atoms with Crippen LogP contribution < -0.4 is 10.5 Å². The van der Waals surface area contributed by atoms with Crippen molar-refractivity contribution in [3.8, 4) is 10.6 Å². The molecule has 4 aromatic rings. The van der Waals surface area contributed by atoms with Crippen molar-refractivity contribution < 1.29 is 8.42 Å². The van der Waals surface area contributed by atoms with Crippen LogP contribution in [-0.2, 0) is 10.0 Å². The van der Waals surface area contributed by atoms with Gasteiger partial charge in [-0.1, -0.05) is 6.07 Å². The molecule has 0 aliphatic carbocycles. The Morgan fingerprint density at radius 3 is 2.83 bits per heavy atom. The van der Waals surface area contributed by atoms with E-state index in [0.29, 0.717) is 11.3 Å². The molecular formula is C15H13N5O2S2. The third kappa shape index (κ3) is 2.68. The van der Waals surface area contributed by atoms with Gasteiger partial charge >= 0.3 is 0 Å². The molecule has 0 spiro atoms. The van der Waals surface area contributed by atoms with E-state index in [0.717, 1.165) is 26.9 Å². The number of aromatic nitrogens is 3. The van der Waals surface area contributed by atoms with Crippen LogP contribution in [0.5, 0.6) is 0 Å². The Morgan fingerprint density at radius 1 is 1.21 bits per heavy atom. The van der Waals surface area contributed by atoms with Crippen LogP contribution in [0.2, 0.25) is 0 Å². The fourth-order valence-electron chi connectivity index (χ4n) is 2.56. The van der Waals surface area contributed by atoms with Crippen LogP contribution in [0.3, 0.4) is 0 Å². The second kappa shape index (κ2) is 5.18. The van der Waals surface area contributed by atoms with Crippen molar-refractivity contribution in [3.63, 3.8) is 0 Å². The molecule has 122 valence electrons. The minimum absolute atomic E-state index is 0.225. The summed E-state index contributed by atoms with van der Waals surface area (Å²) in [6, 6.07) is 13.1. The van der Waals surface area contributed by atoms with Gasteiger partial charge in [0.2, 0.25) is 16.0 Å². The summed E-state index contributed by atoms with van der Waals surface area (Å²) in [5.74, 6) is 0.225. The number of pyridine rings is 1. The van der Waals surface area contributed by atoms with Crippen LogP contribution >= 0.6 is 11.3 Å². The molecule has 0 radical (unpaired) electrons. The third-order valence-electron chi connectivity index (χ3n) is 3.45. The van der Waals surface area contributed by atoms with Gasteiger partial charge < -0.3 is 5.73 Å². The zero-order valence-corrected chi connectivity index (χ0v) is 14.2. The maximum Gasteiger partial charge on any atom is 0.240 e. The maximum absolute atomic E-state index is 11.4. The molecule has 0 amide bonds. The summed E-state index contributed by atoms with van der Waals surface area (Å²) in [6.07, 6.45) is 1.13. The number of nitrogens with two attached hydrogens (primary N) is 1. The number of nitrogen functional groups attached to an aromatic ring is 1. The summed E-state index contributed by atoms with van der Waals surface area (Å²) in [5, 5.41) is 5.18. The Balaban J connectivity index is 1.85. The monoisotopic (exact) mass is 359 g/mol. The van der Waals surface area contributed by atoms with Gasteiger partial charge in [0, 0.05) is 10.4 Å². The number of thiophene rings is 1. The molecule has 0 bridgehead atoms. The molecule has 4 rings (SSSR count). The Kier molecular flexibility index (Phi) is 3.22. The van der Waals surface area contributed by atoms with Crippen molar-refractivity contribution in [1.82, 2.24) is 14.6 Å². The van der Waals surface area contributed by atoms with Crippen molar-refractivity contribution in [2.45, 2.75) is 0 Å². The smallest absolute Gasteiger partial charge is 0.240 e. The normalized spacial score (nSPS) is 12.0. The number of hydrogen-bond donors (Lipinski definition) is 2. The fraction of sp³-hybridized carbons (Fsp3) is 0.0667. The standard InChI is InChI=1S/C15H13N5O2S2/c1-24(21,22)19-10-5-6-12-9(7-10)8-13(23-12)11-3-2-4-14-17-15(16)18-20(11)14/h2-8,19H,1H3,(H2,16,18). The number of nitrogens with one attached hydrogen (secondary N) is 1. The van der Waals surface area contributed by atoms with E-state index in [4.69, 9.17) is 5.73 Å². The van der Waals surface area contributed by atoms with Gasteiger partial charge in [0.25, 0.3) is 0 Å². The minimum Gasteiger partial charge on any atom is -0.366 e. The molecule has 1 aromatic carbocycles. The van der Waals surface area contributed by atoms with Crippen molar-refractivity contribution >= 4 is 48.7 Å². The van der Waals surface area contributed by atoms with Crippen molar-refractivity contribution in [1.29, 1.82) is 0 Å². The van der Waals surface area contributed by atoms with E-state index in [1.165, 1.54) is 0 Å². The molecule has 0 aliphatic rings. The quantitative estimate of drug-likeness (QED) is 0.585. The summed E-state index contributed by atoms with van der Waals surface area (Å²) in [7, 11) is -3.30. The van der Waals surface area contributed by atoms with E-state index in [9.17, 15) is 8.42 Å². The van der Waals surface area contributed by atoms with Gasteiger partial charge in [0.15, 0.2) is 5.65 Å². The lowest BCUT2D eigenvalue weighted by Gasteiger charge is -2.02. The van der Waals surface area contributed by atoms with Gasteiger partial charge in [-0.25, -0.2) is 12.9 Å². The molecule has 0 saturated heterocycles. The largest absolute Gasteiger partial charge is 0.366 e. The predicted molar refractivity (Wildman–Crippen MR) is 96.7 cm³/mol. The molecule has 24 heavy (non-hydrogen) atoms. The summed E-state index contributed by atoms with van der Waals surface area (Å²) in [5.41, 5.74) is 7.79. The van der Waals surface area contributed by atoms with E-state index in [2.05, 4.69) is 14.8 Å². The van der Waals surface area contributed by atoms with Gasteiger partial charge in [0.05, 0.1) is 16.8 Å². The van der Waals surface area contributed by atoms with Gasteiger partial charge in [-0.3, -0.25) is 4.72 Å². The topological polar surface area (TPSA) is 102 Å². The number of fused-ring (bicyclic) bond motifs is 2. The van der Waals surface area contributed by atoms with Gasteiger partial charge in [-0.15, -0.1) is 16.4 Å². The van der Waals surface area contributed by atoms with Crippen molar-refractivity contribution in [3.05, 3.63) is 42.5 Å². The third-order valence-corrected chi connectivity index (χ3v) is 5.19. The zero-order valence-electron chi connectivity index (χ0n) is 12.6. The molecule has 0 saturated carbocycles. The second-order valence-corrected chi connectivity index (χ2v) is 8.22. The minimum atomic E-state index is -3.30. The van der Waals surface area contributed by atoms with Gasteiger partial charge in [-0.05, 0) is 41.8 Å². The number of benzene rings is 1. The SMILES string of the molecule is CS(=O)(=O)Nc1ccc2sc(-c3cccc4nc(N)nn34)cc2c1. The number of rotatable bonds is 3. The average molecular weight is 359 g/mol. The first-order valence-electron chi connectivity index (χ1n) is 7.02. The lowest BCUT2D eigenvalue weighted by Crippen LogP contribution is -2.09. The van der Waals surface area contributed by atoms with Gasteiger partial charge in [0.1, 0.15) is 0 Å².